The number of phenols is 1. The molecule has 0 radical (unpaired) electrons. The lowest BCUT2D eigenvalue weighted by Gasteiger charge is -2.26. The Morgan fingerprint density at radius 3 is 2.23 bits per heavy atom. The number of hydrogen-bond acceptors (Lipinski definition) is 8. The van der Waals surface area contributed by atoms with Crippen LogP contribution >= 0.6 is 0 Å². The van der Waals surface area contributed by atoms with Crippen molar-refractivity contribution < 1.29 is 23.4 Å². The second-order valence-corrected chi connectivity index (χ2v) is 11.6. The number of aromatic nitrogens is 2. The van der Waals surface area contributed by atoms with Gasteiger partial charge in [0.2, 0.25) is 0 Å². The summed E-state index contributed by atoms with van der Waals surface area (Å²) < 4.78 is 29.2. The van der Waals surface area contributed by atoms with Crippen molar-refractivity contribution in [1.82, 2.24) is 15.3 Å². The molecule has 3 aromatic carbocycles. The summed E-state index contributed by atoms with van der Waals surface area (Å²) in [7, 11) is -2.59. The maximum Gasteiger partial charge on any atom is 0.263 e. The van der Waals surface area contributed by atoms with Crippen LogP contribution in [0.3, 0.4) is 0 Å². The van der Waals surface area contributed by atoms with Gasteiger partial charge in [-0.25, -0.2) is 18.4 Å². The van der Waals surface area contributed by atoms with Gasteiger partial charge in [-0.3, -0.25) is 9.52 Å². The molecule has 208 valence electrons. The minimum Gasteiger partial charge on any atom is -0.508 e. The molecule has 0 saturated heterocycles. The molecule has 1 aliphatic rings. The Morgan fingerprint density at radius 2 is 1.57 bits per heavy atom. The van der Waals surface area contributed by atoms with Crippen molar-refractivity contribution in [3.05, 3.63) is 77.9 Å². The van der Waals surface area contributed by atoms with E-state index in [1.54, 1.807) is 30.3 Å². The van der Waals surface area contributed by atoms with Gasteiger partial charge in [0.15, 0.2) is 11.6 Å². The first kappa shape index (κ1) is 27.4. The van der Waals surface area contributed by atoms with Crippen LogP contribution in [-0.4, -0.2) is 47.7 Å². The number of amides is 1. The number of carbonyl (C=O) groups is 1. The van der Waals surface area contributed by atoms with Gasteiger partial charge in [-0.1, -0.05) is 18.2 Å². The molecule has 1 fully saturated rings. The summed E-state index contributed by atoms with van der Waals surface area (Å²) >= 11 is 0. The zero-order chi connectivity index (χ0) is 28.3. The van der Waals surface area contributed by atoms with Gasteiger partial charge in [-0.2, -0.15) is 0 Å². The Kier molecular flexibility index (Phi) is 7.85. The fourth-order valence-electron chi connectivity index (χ4n) is 4.92. The van der Waals surface area contributed by atoms with Gasteiger partial charge in [0, 0.05) is 24.4 Å². The molecule has 0 atom stereocenters. The molecule has 4 aromatic rings. The number of hydrogen-bond donors (Lipinski definition) is 5. The molecule has 0 spiro atoms. The van der Waals surface area contributed by atoms with Crippen LogP contribution in [0.4, 0.5) is 17.3 Å². The normalized spacial score (nSPS) is 17.4. The van der Waals surface area contributed by atoms with E-state index in [9.17, 15) is 23.4 Å². The highest BCUT2D eigenvalue weighted by Crippen LogP contribution is 2.34. The van der Waals surface area contributed by atoms with Crippen molar-refractivity contribution in [3.8, 4) is 5.75 Å². The topological polar surface area (TPSA) is 154 Å². The van der Waals surface area contributed by atoms with E-state index in [1.807, 2.05) is 12.1 Å². The first-order valence-corrected chi connectivity index (χ1v) is 14.6. The van der Waals surface area contributed by atoms with E-state index >= 15 is 0 Å². The summed E-state index contributed by atoms with van der Waals surface area (Å²) in [6, 6.07) is 17.7. The molecule has 40 heavy (non-hydrogen) atoms. The lowest BCUT2D eigenvalue weighted by molar-refractivity contribution is 0.0963. The molecule has 1 amide bonds. The molecule has 0 unspecified atom stereocenters. The zero-order valence-corrected chi connectivity index (χ0v) is 22.8. The van der Waals surface area contributed by atoms with Crippen LogP contribution in [0.5, 0.6) is 5.75 Å². The highest BCUT2D eigenvalue weighted by Gasteiger charge is 2.23. The number of benzene rings is 3. The van der Waals surface area contributed by atoms with Gasteiger partial charge in [-0.15, -0.1) is 0 Å². The number of carbonyl (C=O) groups excluding carboxylic acids is 1. The number of aromatic hydroxyl groups is 1. The van der Waals surface area contributed by atoms with Crippen LogP contribution < -0.4 is 15.4 Å². The third-order valence-electron chi connectivity index (χ3n) is 7.13. The predicted octanol–water partition coefficient (Wildman–Crippen LogP) is 4.33. The Morgan fingerprint density at radius 1 is 0.925 bits per heavy atom. The lowest BCUT2D eigenvalue weighted by atomic mass is 9.83. The molecular weight excluding hydrogens is 530 g/mol. The maximum absolute atomic E-state index is 13.3. The van der Waals surface area contributed by atoms with Crippen molar-refractivity contribution in [2.75, 3.05) is 17.1 Å². The highest BCUT2D eigenvalue weighted by molar-refractivity contribution is 7.92. The number of sulfonamides is 1. The number of rotatable bonds is 8. The monoisotopic (exact) mass is 561 g/mol. The molecule has 1 saturated carbocycles. The molecule has 1 aromatic heterocycles. The number of nitrogens with one attached hydrogen (secondary N) is 3. The maximum atomic E-state index is 13.3. The van der Waals surface area contributed by atoms with E-state index in [0.29, 0.717) is 28.2 Å². The lowest BCUT2D eigenvalue weighted by Crippen LogP contribution is -2.20. The van der Waals surface area contributed by atoms with Gasteiger partial charge in [0.05, 0.1) is 22.0 Å². The van der Waals surface area contributed by atoms with Crippen LogP contribution in [0.15, 0.2) is 71.6 Å². The molecule has 1 heterocycles. The first-order valence-electron chi connectivity index (χ1n) is 13.1. The van der Waals surface area contributed by atoms with Crippen molar-refractivity contribution in [1.29, 1.82) is 0 Å². The predicted molar refractivity (Wildman–Crippen MR) is 153 cm³/mol. The van der Waals surface area contributed by atoms with E-state index < -0.39 is 10.0 Å². The van der Waals surface area contributed by atoms with Gasteiger partial charge in [0.1, 0.15) is 5.75 Å². The smallest absolute Gasteiger partial charge is 0.263 e. The van der Waals surface area contributed by atoms with Crippen LogP contribution in [0, 0.1) is 5.92 Å². The summed E-state index contributed by atoms with van der Waals surface area (Å²) in [5.74, 6) is 0.277. The van der Waals surface area contributed by atoms with Crippen molar-refractivity contribution in [3.63, 3.8) is 0 Å². The average Bonchev–Trinajstić information content (AvgIpc) is 2.95. The van der Waals surface area contributed by atoms with Gasteiger partial charge >= 0.3 is 0 Å². The summed E-state index contributed by atoms with van der Waals surface area (Å²) in [4.78, 5) is 21.0. The van der Waals surface area contributed by atoms with Crippen molar-refractivity contribution in [2.45, 2.75) is 43.1 Å². The largest absolute Gasteiger partial charge is 0.508 e. The third-order valence-corrected chi connectivity index (χ3v) is 8.48. The summed E-state index contributed by atoms with van der Waals surface area (Å²) in [6.45, 7) is 0. The summed E-state index contributed by atoms with van der Waals surface area (Å²) in [6.07, 6.45) is 3.81. The second-order valence-electron chi connectivity index (χ2n) is 9.96. The Balaban J connectivity index is 1.49. The van der Waals surface area contributed by atoms with Crippen LogP contribution in [0.1, 0.15) is 41.6 Å². The number of phenolic OH excluding ortho intramolecular Hbond substituents is 1. The fraction of sp³-hybridized carbons (Fsp3) is 0.276. The number of para-hydroxylation sites is 2. The highest BCUT2D eigenvalue weighted by atomic mass is 32.2. The van der Waals surface area contributed by atoms with Gasteiger partial charge < -0.3 is 20.8 Å². The number of nitrogens with zero attached hydrogens (tertiary/aromatic N) is 2. The van der Waals surface area contributed by atoms with Gasteiger partial charge in [0.25, 0.3) is 15.9 Å². The van der Waals surface area contributed by atoms with Crippen molar-refractivity contribution in [2.24, 2.45) is 5.92 Å². The molecular formula is C29H31N5O5S. The Bertz CT molecular complexity index is 1630. The minimum absolute atomic E-state index is 0.0100. The number of anilines is 3. The van der Waals surface area contributed by atoms with E-state index in [4.69, 9.17) is 0 Å². The SMILES string of the molecule is CNC(=O)c1ccc(S(=O)(=O)Nc2nc3ccccc3nc2Nc2cc(O)ccc2CC2CCC(O)CC2)cc1. The van der Waals surface area contributed by atoms with Crippen LogP contribution in [0.25, 0.3) is 11.0 Å². The molecule has 11 heteroatoms. The van der Waals surface area contributed by atoms with Crippen LogP contribution in [-0.2, 0) is 16.4 Å². The van der Waals surface area contributed by atoms with Crippen LogP contribution in [0.2, 0.25) is 0 Å². The number of fused-ring (bicyclic) bond motifs is 1. The number of aliphatic hydroxyl groups excluding tert-OH is 1. The van der Waals surface area contributed by atoms with E-state index in [1.165, 1.54) is 31.3 Å². The quantitative estimate of drug-likeness (QED) is 0.213. The molecule has 0 bridgehead atoms. The third kappa shape index (κ3) is 6.16. The first-order chi connectivity index (χ1) is 19.2. The Labute approximate surface area is 232 Å². The number of aliphatic hydroxyl groups is 1. The second kappa shape index (κ2) is 11.5. The molecule has 5 N–H and O–H groups in total. The zero-order valence-electron chi connectivity index (χ0n) is 22.0. The van der Waals surface area contributed by atoms with E-state index in [0.717, 1.165) is 37.7 Å². The molecule has 10 nitrogen and oxygen atoms in total. The summed E-state index contributed by atoms with van der Waals surface area (Å²) in [5.41, 5.74) is 2.92. The minimum atomic E-state index is -4.09. The fourth-order valence-corrected chi connectivity index (χ4v) is 5.93. The summed E-state index contributed by atoms with van der Waals surface area (Å²) in [5, 5.41) is 25.9. The molecule has 1 aliphatic carbocycles. The average molecular weight is 562 g/mol. The molecule has 5 rings (SSSR count). The van der Waals surface area contributed by atoms with E-state index in [-0.39, 0.29) is 34.3 Å². The Hall–Kier alpha value is -4.22. The van der Waals surface area contributed by atoms with E-state index in [2.05, 4.69) is 25.3 Å². The van der Waals surface area contributed by atoms with Gasteiger partial charge in [-0.05, 0) is 86.1 Å². The van der Waals surface area contributed by atoms with Crippen molar-refractivity contribution >= 4 is 44.3 Å². The molecule has 0 aliphatic heterocycles. The standard InChI is InChI=1S/C29H31N5O5S/c1-30-29(37)19-9-14-23(15-10-19)40(38,39)34-28-27(31-24-4-2-3-5-25(24)32-28)33-26-17-22(36)13-8-20(26)16-18-6-11-21(35)12-7-18/h2-5,8-10,13-15,17-18,21,35-36H,6-7,11-12,16H2,1H3,(H,30,37)(H,31,33)(H,32,34).